The normalized spacial score (nSPS) is 19.0. The lowest BCUT2D eigenvalue weighted by molar-refractivity contribution is 0.0912. The third-order valence-corrected chi connectivity index (χ3v) is 5.55. The van der Waals surface area contributed by atoms with E-state index < -0.39 is 10.0 Å². The van der Waals surface area contributed by atoms with E-state index in [4.69, 9.17) is 4.42 Å². The number of hydrogen-bond acceptors (Lipinski definition) is 5. The first kappa shape index (κ1) is 17.7. The van der Waals surface area contributed by atoms with Crippen LogP contribution in [0.3, 0.4) is 0 Å². The molecule has 1 amide bonds. The van der Waals surface area contributed by atoms with Crippen LogP contribution in [0.4, 0.5) is 0 Å². The topological polar surface area (TPSA) is 97.4 Å². The molecule has 1 atom stereocenters. The summed E-state index contributed by atoms with van der Waals surface area (Å²) in [5.41, 5.74) is 0. The highest BCUT2D eigenvalue weighted by molar-refractivity contribution is 7.88. The highest BCUT2D eigenvalue weighted by Crippen LogP contribution is 2.18. The van der Waals surface area contributed by atoms with E-state index in [1.807, 2.05) is 10.8 Å². The minimum Gasteiger partial charge on any atom is -0.454 e. The number of carbonyl (C=O) groups is 1. The van der Waals surface area contributed by atoms with Crippen molar-refractivity contribution in [2.24, 2.45) is 5.92 Å². The molecule has 8 nitrogen and oxygen atoms in total. The number of rotatable bonds is 6. The number of carbonyl (C=O) groups excluding carboxylic acids is 1. The average molecular weight is 366 g/mol. The summed E-state index contributed by atoms with van der Waals surface area (Å²) in [7, 11) is -3.18. The van der Waals surface area contributed by atoms with Crippen LogP contribution in [0.1, 0.15) is 29.2 Å². The molecule has 3 heterocycles. The number of nitrogens with zero attached hydrogens (tertiary/aromatic N) is 3. The summed E-state index contributed by atoms with van der Waals surface area (Å²) in [5, 5.41) is 2.84. The maximum Gasteiger partial charge on any atom is 0.287 e. The van der Waals surface area contributed by atoms with Crippen LogP contribution in [0.2, 0.25) is 0 Å². The van der Waals surface area contributed by atoms with Crippen LogP contribution >= 0.6 is 0 Å². The minimum absolute atomic E-state index is 0.118. The monoisotopic (exact) mass is 366 g/mol. The highest BCUT2D eigenvalue weighted by Gasteiger charge is 2.26. The van der Waals surface area contributed by atoms with Crippen molar-refractivity contribution in [1.82, 2.24) is 19.2 Å². The molecular formula is C16H22N4O4S. The Kier molecular flexibility index (Phi) is 5.24. The summed E-state index contributed by atoms with van der Waals surface area (Å²) in [5.74, 6) is 0.760. The summed E-state index contributed by atoms with van der Waals surface area (Å²) < 4.78 is 32.2. The molecule has 1 fully saturated rings. The Hall–Kier alpha value is -2.13. The van der Waals surface area contributed by atoms with Gasteiger partial charge in [-0.3, -0.25) is 4.79 Å². The Bertz CT molecular complexity index is 813. The molecule has 1 saturated heterocycles. The Balaban J connectivity index is 1.52. The molecule has 0 saturated carbocycles. The van der Waals surface area contributed by atoms with Gasteiger partial charge in [0.05, 0.1) is 19.1 Å². The number of furan rings is 1. The van der Waals surface area contributed by atoms with Gasteiger partial charge in [-0.15, -0.1) is 0 Å². The second-order valence-corrected chi connectivity index (χ2v) is 8.32. The lowest BCUT2D eigenvalue weighted by atomic mass is 10.00. The average Bonchev–Trinajstić information content (AvgIpc) is 3.24. The number of piperidine rings is 1. The first-order chi connectivity index (χ1) is 11.9. The van der Waals surface area contributed by atoms with Crippen LogP contribution < -0.4 is 5.32 Å². The predicted octanol–water partition coefficient (Wildman–Crippen LogP) is 0.926. The van der Waals surface area contributed by atoms with Gasteiger partial charge in [-0.2, -0.15) is 0 Å². The summed E-state index contributed by atoms with van der Waals surface area (Å²) >= 11 is 0. The van der Waals surface area contributed by atoms with Crippen molar-refractivity contribution in [2.75, 3.05) is 25.9 Å². The number of amides is 1. The number of imidazole rings is 1. The number of sulfonamides is 1. The number of hydrogen-bond donors (Lipinski definition) is 1. The first-order valence-corrected chi connectivity index (χ1v) is 10.0. The van der Waals surface area contributed by atoms with Gasteiger partial charge in [0.25, 0.3) is 5.91 Å². The van der Waals surface area contributed by atoms with Crippen LogP contribution in [-0.4, -0.2) is 54.1 Å². The van der Waals surface area contributed by atoms with Crippen LogP contribution in [0.5, 0.6) is 0 Å². The van der Waals surface area contributed by atoms with E-state index in [0.29, 0.717) is 31.9 Å². The molecule has 2 aromatic heterocycles. The highest BCUT2D eigenvalue weighted by atomic mass is 32.2. The van der Waals surface area contributed by atoms with Crippen LogP contribution in [0, 0.1) is 5.92 Å². The SMILES string of the molecule is CS(=O)(=O)N1CCC[C@H](CNC(=O)c2ccc(Cn3ccnc3)o2)C1. The van der Waals surface area contributed by atoms with Gasteiger partial charge in [0.1, 0.15) is 5.76 Å². The standard InChI is InChI=1S/C16H22N4O4S/c1-25(22,23)20-7-2-3-13(10-20)9-18-16(21)15-5-4-14(24-15)11-19-8-6-17-12-19/h4-6,8,12-13H,2-3,7,9-11H2,1H3,(H,18,21)/t13-/m1/s1. The fourth-order valence-corrected chi connectivity index (χ4v) is 3.91. The van der Waals surface area contributed by atoms with E-state index in [1.54, 1.807) is 24.7 Å². The van der Waals surface area contributed by atoms with Gasteiger partial charge in [0.15, 0.2) is 5.76 Å². The minimum atomic E-state index is -3.18. The van der Waals surface area contributed by atoms with Gasteiger partial charge in [0.2, 0.25) is 10.0 Å². The molecule has 0 unspecified atom stereocenters. The molecule has 3 rings (SSSR count). The van der Waals surface area contributed by atoms with E-state index >= 15 is 0 Å². The smallest absolute Gasteiger partial charge is 0.287 e. The zero-order chi connectivity index (χ0) is 17.9. The number of nitrogens with one attached hydrogen (secondary N) is 1. The first-order valence-electron chi connectivity index (χ1n) is 8.19. The van der Waals surface area contributed by atoms with Crippen LogP contribution in [0.15, 0.2) is 35.3 Å². The van der Waals surface area contributed by atoms with E-state index in [1.165, 1.54) is 10.6 Å². The van der Waals surface area contributed by atoms with Gasteiger partial charge in [0, 0.05) is 32.0 Å². The van der Waals surface area contributed by atoms with Crippen LogP contribution in [0.25, 0.3) is 0 Å². The Morgan fingerprint density at radius 1 is 1.44 bits per heavy atom. The molecule has 136 valence electrons. The molecule has 1 N–H and O–H groups in total. The van der Waals surface area contributed by atoms with Crippen molar-refractivity contribution >= 4 is 15.9 Å². The summed E-state index contributed by atoms with van der Waals surface area (Å²) in [6.07, 6.45) is 8.11. The molecule has 0 aliphatic carbocycles. The molecule has 9 heteroatoms. The van der Waals surface area contributed by atoms with Gasteiger partial charge in [-0.25, -0.2) is 17.7 Å². The molecule has 1 aliphatic rings. The van der Waals surface area contributed by atoms with E-state index in [-0.39, 0.29) is 17.6 Å². The maximum absolute atomic E-state index is 12.2. The summed E-state index contributed by atoms with van der Waals surface area (Å²) in [4.78, 5) is 16.2. The summed E-state index contributed by atoms with van der Waals surface area (Å²) in [6, 6.07) is 3.41. The second kappa shape index (κ2) is 7.40. The lowest BCUT2D eigenvalue weighted by Gasteiger charge is -2.30. The van der Waals surface area contributed by atoms with Crippen molar-refractivity contribution < 1.29 is 17.6 Å². The van der Waals surface area contributed by atoms with Crippen molar-refractivity contribution in [1.29, 1.82) is 0 Å². The molecule has 0 bridgehead atoms. The van der Waals surface area contributed by atoms with Gasteiger partial charge < -0.3 is 14.3 Å². The van der Waals surface area contributed by atoms with Crippen molar-refractivity contribution in [3.05, 3.63) is 42.4 Å². The molecule has 0 radical (unpaired) electrons. The Labute approximate surface area is 146 Å². The predicted molar refractivity (Wildman–Crippen MR) is 91.5 cm³/mol. The second-order valence-electron chi connectivity index (χ2n) is 6.34. The number of aromatic nitrogens is 2. The molecule has 1 aliphatic heterocycles. The fourth-order valence-electron chi connectivity index (χ4n) is 2.96. The van der Waals surface area contributed by atoms with Crippen LogP contribution in [-0.2, 0) is 16.6 Å². The van der Waals surface area contributed by atoms with Gasteiger partial charge >= 0.3 is 0 Å². The van der Waals surface area contributed by atoms with Gasteiger partial charge in [-0.1, -0.05) is 0 Å². The Morgan fingerprint density at radius 2 is 2.28 bits per heavy atom. The third-order valence-electron chi connectivity index (χ3n) is 4.29. The lowest BCUT2D eigenvalue weighted by Crippen LogP contribution is -2.43. The third kappa shape index (κ3) is 4.70. The van der Waals surface area contributed by atoms with E-state index in [2.05, 4.69) is 10.3 Å². The van der Waals surface area contributed by atoms with Crippen molar-refractivity contribution in [3.8, 4) is 0 Å². The maximum atomic E-state index is 12.2. The molecule has 25 heavy (non-hydrogen) atoms. The molecule has 0 aromatic carbocycles. The zero-order valence-corrected chi connectivity index (χ0v) is 14.9. The van der Waals surface area contributed by atoms with Gasteiger partial charge in [-0.05, 0) is 30.9 Å². The molecule has 0 spiro atoms. The fraction of sp³-hybridized carbons (Fsp3) is 0.500. The molecular weight excluding hydrogens is 344 g/mol. The zero-order valence-electron chi connectivity index (χ0n) is 14.1. The molecule has 2 aromatic rings. The Morgan fingerprint density at radius 3 is 3.00 bits per heavy atom. The summed E-state index contributed by atoms with van der Waals surface area (Å²) in [6.45, 7) is 1.95. The van der Waals surface area contributed by atoms with E-state index in [9.17, 15) is 13.2 Å². The van der Waals surface area contributed by atoms with E-state index in [0.717, 1.165) is 12.8 Å². The quantitative estimate of drug-likeness (QED) is 0.820. The van der Waals surface area contributed by atoms with Crippen molar-refractivity contribution in [2.45, 2.75) is 19.4 Å². The van der Waals surface area contributed by atoms with Crippen molar-refractivity contribution in [3.63, 3.8) is 0 Å². The largest absolute Gasteiger partial charge is 0.454 e.